The molecule has 0 aromatic heterocycles. The molecule has 90 valence electrons. The summed E-state index contributed by atoms with van der Waals surface area (Å²) in [5.74, 6) is 0.126. The van der Waals surface area contributed by atoms with Crippen LogP contribution < -0.4 is 5.73 Å². The Morgan fingerprint density at radius 2 is 1.82 bits per heavy atom. The van der Waals surface area contributed by atoms with E-state index in [1.54, 1.807) is 0 Å². The fourth-order valence-corrected chi connectivity index (χ4v) is 2.29. The molecule has 0 heterocycles. The van der Waals surface area contributed by atoms with E-state index >= 15 is 0 Å². The lowest BCUT2D eigenvalue weighted by Gasteiger charge is -2.22. The average molecular weight is 229 g/mol. The molecule has 2 heteroatoms. The van der Waals surface area contributed by atoms with Crippen molar-refractivity contribution in [3.05, 3.63) is 48.0 Å². The molecule has 2 aromatic rings. The summed E-state index contributed by atoms with van der Waals surface area (Å²) in [4.78, 5) is 0. The topological polar surface area (TPSA) is 46.2 Å². The molecule has 0 saturated heterocycles. The van der Waals surface area contributed by atoms with E-state index in [0.717, 1.165) is 12.0 Å². The van der Waals surface area contributed by atoms with E-state index in [1.165, 1.54) is 10.8 Å². The van der Waals surface area contributed by atoms with Crippen LogP contribution in [0.4, 0.5) is 0 Å². The predicted octanol–water partition coefficient (Wildman–Crippen LogP) is 2.86. The summed E-state index contributed by atoms with van der Waals surface area (Å²) in [6, 6.07) is 14.3. The highest BCUT2D eigenvalue weighted by Gasteiger charge is 2.18. The molecule has 2 nitrogen and oxygen atoms in total. The van der Waals surface area contributed by atoms with Crippen molar-refractivity contribution in [2.75, 3.05) is 6.61 Å². The van der Waals surface area contributed by atoms with Gasteiger partial charge in [-0.15, -0.1) is 0 Å². The molecule has 0 aliphatic heterocycles. The third kappa shape index (κ3) is 2.33. The number of aliphatic hydroxyl groups excluding tert-OH is 1. The maximum atomic E-state index is 9.35. The molecular weight excluding hydrogens is 210 g/mol. The van der Waals surface area contributed by atoms with Gasteiger partial charge in [0.15, 0.2) is 0 Å². The number of aliphatic hydroxyl groups is 1. The molecule has 2 atom stereocenters. The zero-order valence-electron chi connectivity index (χ0n) is 10.1. The highest BCUT2D eigenvalue weighted by atomic mass is 16.3. The smallest absolute Gasteiger partial charge is 0.0477 e. The molecule has 0 aliphatic carbocycles. The Hall–Kier alpha value is -1.38. The van der Waals surface area contributed by atoms with E-state index in [1.807, 2.05) is 18.2 Å². The quantitative estimate of drug-likeness (QED) is 0.846. The second kappa shape index (κ2) is 5.30. The van der Waals surface area contributed by atoms with Gasteiger partial charge in [-0.25, -0.2) is 0 Å². The molecule has 2 aromatic carbocycles. The number of hydrogen-bond donors (Lipinski definition) is 2. The van der Waals surface area contributed by atoms with E-state index in [-0.39, 0.29) is 18.6 Å². The first-order valence-electron chi connectivity index (χ1n) is 6.12. The van der Waals surface area contributed by atoms with Gasteiger partial charge in [0.2, 0.25) is 0 Å². The van der Waals surface area contributed by atoms with Gasteiger partial charge in [-0.05, 0) is 22.8 Å². The van der Waals surface area contributed by atoms with Gasteiger partial charge in [0, 0.05) is 18.6 Å². The Bertz CT molecular complexity index is 486. The number of fused-ring (bicyclic) bond motifs is 1. The predicted molar refractivity (Wildman–Crippen MR) is 71.7 cm³/mol. The van der Waals surface area contributed by atoms with E-state index < -0.39 is 0 Å². The standard InChI is InChI=1S/C15H19NO/c1-2-11(10-17)15(16)14-9-5-7-12-6-3-4-8-13(12)14/h3-9,11,15,17H,2,10,16H2,1H3. The zero-order chi connectivity index (χ0) is 12.3. The Balaban J connectivity index is 2.47. The van der Waals surface area contributed by atoms with Crippen LogP contribution >= 0.6 is 0 Å². The molecule has 2 unspecified atom stereocenters. The van der Waals surface area contributed by atoms with Crippen molar-refractivity contribution in [3.8, 4) is 0 Å². The number of benzene rings is 2. The maximum Gasteiger partial charge on any atom is 0.0477 e. The fraction of sp³-hybridized carbons (Fsp3) is 0.333. The lowest BCUT2D eigenvalue weighted by Crippen LogP contribution is -2.24. The fourth-order valence-electron chi connectivity index (χ4n) is 2.29. The summed E-state index contributed by atoms with van der Waals surface area (Å²) in [7, 11) is 0. The lowest BCUT2D eigenvalue weighted by molar-refractivity contribution is 0.201. The maximum absolute atomic E-state index is 9.35. The van der Waals surface area contributed by atoms with Gasteiger partial charge in [-0.3, -0.25) is 0 Å². The summed E-state index contributed by atoms with van der Waals surface area (Å²) in [5, 5.41) is 11.7. The van der Waals surface area contributed by atoms with Crippen molar-refractivity contribution in [2.45, 2.75) is 19.4 Å². The second-order valence-corrected chi connectivity index (χ2v) is 4.45. The van der Waals surface area contributed by atoms with Crippen molar-refractivity contribution >= 4 is 10.8 Å². The highest BCUT2D eigenvalue weighted by molar-refractivity contribution is 5.86. The molecule has 0 radical (unpaired) electrons. The highest BCUT2D eigenvalue weighted by Crippen LogP contribution is 2.28. The largest absolute Gasteiger partial charge is 0.396 e. The molecule has 17 heavy (non-hydrogen) atoms. The van der Waals surface area contributed by atoms with Crippen LogP contribution in [0.15, 0.2) is 42.5 Å². The van der Waals surface area contributed by atoms with E-state index in [4.69, 9.17) is 5.73 Å². The van der Waals surface area contributed by atoms with Crippen LogP contribution in [0.3, 0.4) is 0 Å². The molecule has 0 saturated carbocycles. The Kier molecular flexibility index (Phi) is 3.77. The van der Waals surface area contributed by atoms with Crippen LogP contribution in [0, 0.1) is 5.92 Å². The van der Waals surface area contributed by atoms with Crippen LogP contribution in [-0.2, 0) is 0 Å². The van der Waals surface area contributed by atoms with Crippen molar-refractivity contribution in [1.29, 1.82) is 0 Å². The first kappa shape index (κ1) is 12.1. The number of nitrogens with two attached hydrogens (primary N) is 1. The minimum atomic E-state index is -0.101. The minimum absolute atomic E-state index is 0.101. The summed E-state index contributed by atoms with van der Waals surface area (Å²) in [6.45, 7) is 2.20. The van der Waals surface area contributed by atoms with Crippen molar-refractivity contribution < 1.29 is 5.11 Å². The van der Waals surface area contributed by atoms with Crippen molar-refractivity contribution in [1.82, 2.24) is 0 Å². The summed E-state index contributed by atoms with van der Waals surface area (Å²) in [6.07, 6.45) is 0.890. The van der Waals surface area contributed by atoms with Gasteiger partial charge in [0.1, 0.15) is 0 Å². The Morgan fingerprint density at radius 1 is 1.12 bits per heavy atom. The lowest BCUT2D eigenvalue weighted by atomic mass is 9.89. The normalized spacial score (nSPS) is 14.8. The molecular formula is C15H19NO. The summed E-state index contributed by atoms with van der Waals surface area (Å²) < 4.78 is 0. The van der Waals surface area contributed by atoms with Crippen LogP contribution in [0.5, 0.6) is 0 Å². The average Bonchev–Trinajstić information content (AvgIpc) is 2.39. The molecule has 3 N–H and O–H groups in total. The first-order chi connectivity index (χ1) is 8.27. The minimum Gasteiger partial charge on any atom is -0.396 e. The van der Waals surface area contributed by atoms with Crippen molar-refractivity contribution in [3.63, 3.8) is 0 Å². The third-order valence-electron chi connectivity index (χ3n) is 3.45. The molecule has 0 bridgehead atoms. The Labute approximate surface area is 102 Å². The molecule has 0 fully saturated rings. The van der Waals surface area contributed by atoms with Crippen LogP contribution in [0.25, 0.3) is 10.8 Å². The number of hydrogen-bond acceptors (Lipinski definition) is 2. The van der Waals surface area contributed by atoms with E-state index in [9.17, 15) is 5.11 Å². The monoisotopic (exact) mass is 229 g/mol. The van der Waals surface area contributed by atoms with Crippen LogP contribution in [0.1, 0.15) is 24.9 Å². The third-order valence-corrected chi connectivity index (χ3v) is 3.45. The summed E-state index contributed by atoms with van der Waals surface area (Å²) >= 11 is 0. The SMILES string of the molecule is CCC(CO)C(N)c1cccc2ccccc12. The van der Waals surface area contributed by atoms with Gasteiger partial charge in [0.05, 0.1) is 0 Å². The van der Waals surface area contributed by atoms with Crippen molar-refractivity contribution in [2.24, 2.45) is 11.7 Å². The van der Waals surface area contributed by atoms with Gasteiger partial charge in [-0.2, -0.15) is 0 Å². The second-order valence-electron chi connectivity index (χ2n) is 4.45. The van der Waals surface area contributed by atoms with Gasteiger partial charge >= 0.3 is 0 Å². The molecule has 0 amide bonds. The van der Waals surface area contributed by atoms with Crippen LogP contribution in [-0.4, -0.2) is 11.7 Å². The Morgan fingerprint density at radius 3 is 2.53 bits per heavy atom. The summed E-state index contributed by atoms with van der Waals surface area (Å²) in [5.41, 5.74) is 7.40. The molecule has 2 rings (SSSR count). The first-order valence-corrected chi connectivity index (χ1v) is 6.12. The zero-order valence-corrected chi connectivity index (χ0v) is 10.1. The number of rotatable bonds is 4. The van der Waals surface area contributed by atoms with Gasteiger partial charge < -0.3 is 10.8 Å². The van der Waals surface area contributed by atoms with E-state index in [0.29, 0.717) is 0 Å². The van der Waals surface area contributed by atoms with Gasteiger partial charge in [0.25, 0.3) is 0 Å². The van der Waals surface area contributed by atoms with Crippen LogP contribution in [0.2, 0.25) is 0 Å². The van der Waals surface area contributed by atoms with E-state index in [2.05, 4.69) is 31.2 Å². The molecule has 0 spiro atoms. The molecule has 0 aliphatic rings. The van der Waals surface area contributed by atoms with Gasteiger partial charge in [-0.1, -0.05) is 49.4 Å².